The van der Waals surface area contributed by atoms with Gasteiger partial charge >= 0.3 is 6.16 Å². The van der Waals surface area contributed by atoms with Crippen LogP contribution >= 0.6 is 0 Å². The Balaban J connectivity index is 1.27. The summed E-state index contributed by atoms with van der Waals surface area (Å²) in [4.78, 5) is 25.0. The van der Waals surface area contributed by atoms with Gasteiger partial charge in [-0.2, -0.15) is 0 Å². The van der Waals surface area contributed by atoms with Crippen molar-refractivity contribution in [3.63, 3.8) is 0 Å². The van der Waals surface area contributed by atoms with Gasteiger partial charge in [0.05, 0.1) is 5.52 Å². The number of hydrogen-bond acceptors (Lipinski definition) is 8. The molecule has 0 amide bonds. The molecule has 5 aromatic rings. The number of nitrogens with one attached hydrogen (secondary N) is 1. The largest absolute Gasteiger partial charge is 0.514 e. The van der Waals surface area contributed by atoms with Gasteiger partial charge in [0.1, 0.15) is 30.5 Å². The zero-order valence-corrected chi connectivity index (χ0v) is 20.0. The highest BCUT2D eigenvalue weighted by molar-refractivity contribution is 5.94. The molecule has 1 aliphatic heterocycles. The Morgan fingerprint density at radius 2 is 1.81 bits per heavy atom. The Morgan fingerprint density at radius 3 is 2.68 bits per heavy atom. The molecule has 0 spiro atoms. The Labute approximate surface area is 212 Å². The van der Waals surface area contributed by atoms with E-state index in [4.69, 9.17) is 24.2 Å². The number of carbonyl (C=O) groups is 1. The average Bonchev–Trinajstić information content (AvgIpc) is 2.95. The minimum atomic E-state index is -0.686. The fraction of sp³-hybridized carbons (Fsp3) is 0.103. The number of anilines is 1. The Morgan fingerprint density at radius 1 is 0.946 bits per heavy atom. The first-order valence-electron chi connectivity index (χ1n) is 11.8. The van der Waals surface area contributed by atoms with Crippen LogP contribution in [-0.2, 0) is 18.0 Å². The number of hydrogen-bond donors (Lipinski definition) is 1. The van der Waals surface area contributed by atoms with Crippen molar-refractivity contribution < 1.29 is 19.0 Å². The SMILES string of the molecule is CNc1nc(-c2cccnc2)nc2ccc(-c3cccc(OCc4cccc5c4COC(=O)O5)c3)cc12. The molecular formula is C29H22N4O4. The van der Waals surface area contributed by atoms with Crippen molar-refractivity contribution in [2.75, 3.05) is 12.4 Å². The molecule has 3 aromatic carbocycles. The van der Waals surface area contributed by atoms with Crippen LogP contribution in [0.25, 0.3) is 33.4 Å². The van der Waals surface area contributed by atoms with Gasteiger partial charge in [0.25, 0.3) is 0 Å². The monoisotopic (exact) mass is 490 g/mol. The first-order valence-corrected chi connectivity index (χ1v) is 11.8. The van der Waals surface area contributed by atoms with Gasteiger partial charge in [-0.1, -0.05) is 30.3 Å². The molecule has 6 rings (SSSR count). The van der Waals surface area contributed by atoms with Crippen LogP contribution in [-0.4, -0.2) is 28.2 Å². The molecule has 0 unspecified atom stereocenters. The zero-order chi connectivity index (χ0) is 25.2. The summed E-state index contributed by atoms with van der Waals surface area (Å²) in [6, 6.07) is 23.4. The molecule has 8 nitrogen and oxygen atoms in total. The molecule has 182 valence electrons. The van der Waals surface area contributed by atoms with E-state index in [1.54, 1.807) is 18.5 Å². The van der Waals surface area contributed by atoms with Crippen LogP contribution in [0.15, 0.2) is 85.2 Å². The first kappa shape index (κ1) is 22.5. The Bertz CT molecular complexity index is 1620. The number of fused-ring (bicyclic) bond motifs is 2. The zero-order valence-electron chi connectivity index (χ0n) is 20.0. The highest BCUT2D eigenvalue weighted by atomic mass is 16.7. The lowest BCUT2D eigenvalue weighted by Crippen LogP contribution is -2.18. The molecule has 8 heteroatoms. The fourth-order valence-electron chi connectivity index (χ4n) is 4.31. The summed E-state index contributed by atoms with van der Waals surface area (Å²) in [5, 5.41) is 4.12. The van der Waals surface area contributed by atoms with E-state index in [1.807, 2.05) is 67.7 Å². The predicted octanol–water partition coefficient (Wildman–Crippen LogP) is 6.01. The summed E-state index contributed by atoms with van der Waals surface area (Å²) in [5.41, 5.74) is 5.44. The number of cyclic esters (lactones) is 1. The number of nitrogens with zero attached hydrogens (tertiary/aromatic N) is 3. The van der Waals surface area contributed by atoms with Crippen LogP contribution in [0.3, 0.4) is 0 Å². The molecular weight excluding hydrogens is 468 g/mol. The number of rotatable bonds is 6. The van der Waals surface area contributed by atoms with Crippen LogP contribution < -0.4 is 14.8 Å². The molecule has 1 aliphatic rings. The third-order valence-electron chi connectivity index (χ3n) is 6.17. The maximum absolute atomic E-state index is 11.4. The first-order chi connectivity index (χ1) is 18.2. The number of pyridine rings is 1. The molecule has 0 radical (unpaired) electrons. The molecule has 0 aliphatic carbocycles. The second-order valence-corrected chi connectivity index (χ2v) is 8.47. The molecule has 37 heavy (non-hydrogen) atoms. The van der Waals surface area contributed by atoms with Gasteiger partial charge in [-0.25, -0.2) is 14.8 Å². The van der Waals surface area contributed by atoms with Crippen molar-refractivity contribution >= 4 is 22.9 Å². The Kier molecular flexibility index (Phi) is 5.82. The lowest BCUT2D eigenvalue weighted by atomic mass is 10.0. The van der Waals surface area contributed by atoms with Gasteiger partial charge in [-0.15, -0.1) is 0 Å². The third kappa shape index (κ3) is 4.52. The van der Waals surface area contributed by atoms with Crippen LogP contribution in [0.2, 0.25) is 0 Å². The van der Waals surface area contributed by atoms with E-state index < -0.39 is 6.16 Å². The minimum absolute atomic E-state index is 0.170. The summed E-state index contributed by atoms with van der Waals surface area (Å²) < 4.78 is 16.3. The van der Waals surface area contributed by atoms with Crippen LogP contribution in [0, 0.1) is 0 Å². The highest BCUT2D eigenvalue weighted by Gasteiger charge is 2.21. The summed E-state index contributed by atoms with van der Waals surface area (Å²) in [6.07, 6.45) is 2.80. The number of benzene rings is 3. The summed E-state index contributed by atoms with van der Waals surface area (Å²) in [6.45, 7) is 0.489. The second-order valence-electron chi connectivity index (χ2n) is 8.47. The van der Waals surface area contributed by atoms with E-state index in [9.17, 15) is 4.79 Å². The molecule has 1 N–H and O–H groups in total. The quantitative estimate of drug-likeness (QED) is 0.228. The van der Waals surface area contributed by atoms with Crippen molar-refractivity contribution in [1.29, 1.82) is 0 Å². The maximum Gasteiger partial charge on any atom is 0.514 e. The van der Waals surface area contributed by atoms with Crippen LogP contribution in [0.5, 0.6) is 11.5 Å². The van der Waals surface area contributed by atoms with Gasteiger partial charge in [0, 0.05) is 36.0 Å². The van der Waals surface area contributed by atoms with Gasteiger partial charge < -0.3 is 19.5 Å². The van der Waals surface area contributed by atoms with E-state index in [-0.39, 0.29) is 6.61 Å². The minimum Gasteiger partial charge on any atom is -0.489 e. The van der Waals surface area contributed by atoms with E-state index in [0.29, 0.717) is 18.2 Å². The summed E-state index contributed by atoms with van der Waals surface area (Å²) in [5.74, 6) is 2.60. The second kappa shape index (κ2) is 9.58. The van der Waals surface area contributed by atoms with Crippen molar-refractivity contribution in [2.24, 2.45) is 0 Å². The van der Waals surface area contributed by atoms with Gasteiger partial charge in [0.15, 0.2) is 5.82 Å². The van der Waals surface area contributed by atoms with Crippen molar-refractivity contribution in [1.82, 2.24) is 15.0 Å². The number of carbonyl (C=O) groups excluding carboxylic acids is 1. The molecule has 2 aromatic heterocycles. The van der Waals surface area contributed by atoms with Crippen LogP contribution in [0.1, 0.15) is 11.1 Å². The molecule has 3 heterocycles. The molecule has 0 saturated heterocycles. The van der Waals surface area contributed by atoms with Crippen molar-refractivity contribution in [3.05, 3.63) is 96.3 Å². The predicted molar refractivity (Wildman–Crippen MR) is 139 cm³/mol. The van der Waals surface area contributed by atoms with Gasteiger partial charge in [-0.3, -0.25) is 4.98 Å². The van der Waals surface area contributed by atoms with E-state index in [2.05, 4.69) is 16.4 Å². The topological polar surface area (TPSA) is 95.5 Å². The van der Waals surface area contributed by atoms with Crippen molar-refractivity contribution in [3.8, 4) is 34.0 Å². The van der Waals surface area contributed by atoms with E-state index in [0.717, 1.165) is 50.3 Å². The molecule has 0 saturated carbocycles. The lowest BCUT2D eigenvalue weighted by Gasteiger charge is -2.19. The number of aromatic nitrogens is 3. The van der Waals surface area contributed by atoms with E-state index in [1.165, 1.54) is 0 Å². The average molecular weight is 491 g/mol. The summed E-state index contributed by atoms with van der Waals surface area (Å²) >= 11 is 0. The molecule has 0 atom stereocenters. The fourth-order valence-corrected chi connectivity index (χ4v) is 4.31. The third-order valence-corrected chi connectivity index (χ3v) is 6.17. The van der Waals surface area contributed by atoms with Gasteiger partial charge in [-0.05, 0) is 59.2 Å². The number of ether oxygens (including phenoxy) is 3. The van der Waals surface area contributed by atoms with Crippen molar-refractivity contribution in [2.45, 2.75) is 13.2 Å². The molecule has 0 fully saturated rings. The smallest absolute Gasteiger partial charge is 0.489 e. The van der Waals surface area contributed by atoms with Crippen LogP contribution in [0.4, 0.5) is 10.6 Å². The Hall–Kier alpha value is -4.98. The lowest BCUT2D eigenvalue weighted by molar-refractivity contribution is 0.0775. The van der Waals surface area contributed by atoms with E-state index >= 15 is 0 Å². The summed E-state index contributed by atoms with van der Waals surface area (Å²) in [7, 11) is 1.85. The normalized spacial score (nSPS) is 12.4. The maximum atomic E-state index is 11.4. The standard InChI is InChI=1S/C29H22N4O4/c1-30-28-23-14-19(10-11-25(23)32-27(33-28)20-7-4-12-31-15-20)18-5-2-8-22(13-18)35-16-21-6-3-9-26-24(21)17-36-29(34)37-26/h2-15H,16-17H2,1H3,(H,30,32,33). The van der Waals surface area contributed by atoms with Gasteiger partial charge in [0.2, 0.25) is 0 Å². The molecule has 0 bridgehead atoms. The highest BCUT2D eigenvalue weighted by Crippen LogP contribution is 2.32.